The maximum atomic E-state index is 10.8. The average Bonchev–Trinajstić information content (AvgIpc) is 2.56. The van der Waals surface area contributed by atoms with E-state index in [1.807, 2.05) is 0 Å². The molecule has 0 spiro atoms. The van der Waals surface area contributed by atoms with Crippen molar-refractivity contribution in [3.05, 3.63) is 29.3 Å². The zero-order valence-electron chi connectivity index (χ0n) is 15.8. The molecule has 0 aromatic heterocycles. The Labute approximate surface area is 146 Å². The van der Waals surface area contributed by atoms with Crippen molar-refractivity contribution in [2.24, 2.45) is 5.92 Å². The third-order valence-electron chi connectivity index (χ3n) is 5.41. The molecule has 24 heavy (non-hydrogen) atoms. The Hall–Kier alpha value is -1.10. The number of likely N-dealkylation sites (tertiary alicyclic amines) is 1. The Balaban J connectivity index is 2.06. The van der Waals surface area contributed by atoms with Gasteiger partial charge in [-0.15, -0.1) is 0 Å². The van der Waals surface area contributed by atoms with Crippen LogP contribution in [0.3, 0.4) is 0 Å². The Morgan fingerprint density at radius 3 is 2.67 bits per heavy atom. The van der Waals surface area contributed by atoms with Gasteiger partial charge in [0.1, 0.15) is 5.75 Å². The molecule has 0 radical (unpaired) electrons. The zero-order valence-corrected chi connectivity index (χ0v) is 15.8. The SMILES string of the molecule is COCC[C@]1(O)CCN(Cc2cc(C(C)C)ccc2OC)C[C@H]1C. The molecule has 4 nitrogen and oxygen atoms in total. The molecule has 0 bridgehead atoms. The monoisotopic (exact) mass is 335 g/mol. The second-order valence-corrected chi connectivity index (χ2v) is 7.46. The van der Waals surface area contributed by atoms with Crippen LogP contribution in [0.15, 0.2) is 18.2 Å². The van der Waals surface area contributed by atoms with Crippen LogP contribution in [0.25, 0.3) is 0 Å². The summed E-state index contributed by atoms with van der Waals surface area (Å²) in [5.74, 6) is 1.70. The van der Waals surface area contributed by atoms with Gasteiger partial charge in [0.2, 0.25) is 0 Å². The molecule has 1 aromatic rings. The van der Waals surface area contributed by atoms with E-state index < -0.39 is 5.60 Å². The van der Waals surface area contributed by atoms with Gasteiger partial charge in [-0.3, -0.25) is 4.90 Å². The number of aliphatic hydroxyl groups is 1. The van der Waals surface area contributed by atoms with Gasteiger partial charge in [0.15, 0.2) is 0 Å². The highest BCUT2D eigenvalue weighted by atomic mass is 16.5. The number of hydrogen-bond donors (Lipinski definition) is 1. The number of benzene rings is 1. The van der Waals surface area contributed by atoms with E-state index in [2.05, 4.69) is 43.9 Å². The summed E-state index contributed by atoms with van der Waals surface area (Å²) in [6.45, 7) is 9.85. The van der Waals surface area contributed by atoms with Gasteiger partial charge in [-0.25, -0.2) is 0 Å². The van der Waals surface area contributed by atoms with Crippen LogP contribution in [-0.2, 0) is 11.3 Å². The van der Waals surface area contributed by atoms with E-state index in [-0.39, 0.29) is 5.92 Å². The molecule has 2 rings (SSSR count). The van der Waals surface area contributed by atoms with Crippen LogP contribution in [0.2, 0.25) is 0 Å². The molecule has 1 aliphatic rings. The minimum atomic E-state index is -0.601. The molecular weight excluding hydrogens is 302 g/mol. The molecule has 1 saturated heterocycles. The van der Waals surface area contributed by atoms with Gasteiger partial charge >= 0.3 is 0 Å². The lowest BCUT2D eigenvalue weighted by Crippen LogP contribution is -2.51. The molecule has 0 saturated carbocycles. The number of nitrogens with zero attached hydrogens (tertiary/aromatic N) is 1. The molecule has 136 valence electrons. The van der Waals surface area contributed by atoms with E-state index in [9.17, 15) is 5.11 Å². The van der Waals surface area contributed by atoms with E-state index in [0.717, 1.165) is 31.8 Å². The number of ether oxygens (including phenoxy) is 2. The first-order chi connectivity index (χ1) is 11.4. The van der Waals surface area contributed by atoms with E-state index in [1.165, 1.54) is 11.1 Å². The van der Waals surface area contributed by atoms with Crippen LogP contribution in [0.5, 0.6) is 5.75 Å². The predicted molar refractivity (Wildman–Crippen MR) is 97.6 cm³/mol. The quantitative estimate of drug-likeness (QED) is 0.829. The lowest BCUT2D eigenvalue weighted by Gasteiger charge is -2.43. The second-order valence-electron chi connectivity index (χ2n) is 7.46. The normalized spacial score (nSPS) is 25.2. The number of rotatable bonds is 7. The zero-order chi connectivity index (χ0) is 17.7. The van der Waals surface area contributed by atoms with E-state index in [0.29, 0.717) is 18.9 Å². The first kappa shape index (κ1) is 19.2. The van der Waals surface area contributed by atoms with Gasteiger partial charge in [-0.1, -0.05) is 32.9 Å². The molecule has 1 heterocycles. The van der Waals surface area contributed by atoms with Crippen molar-refractivity contribution >= 4 is 0 Å². The van der Waals surface area contributed by atoms with Crippen molar-refractivity contribution in [1.29, 1.82) is 0 Å². The summed E-state index contributed by atoms with van der Waals surface area (Å²) >= 11 is 0. The lowest BCUT2D eigenvalue weighted by atomic mass is 9.79. The molecule has 1 aromatic carbocycles. The van der Waals surface area contributed by atoms with Crippen LogP contribution < -0.4 is 4.74 Å². The van der Waals surface area contributed by atoms with Gasteiger partial charge < -0.3 is 14.6 Å². The summed E-state index contributed by atoms with van der Waals surface area (Å²) in [7, 11) is 3.42. The first-order valence-electron chi connectivity index (χ1n) is 9.00. The number of piperidine rings is 1. The predicted octanol–water partition coefficient (Wildman–Crippen LogP) is 3.43. The fourth-order valence-corrected chi connectivity index (χ4v) is 3.56. The van der Waals surface area contributed by atoms with Gasteiger partial charge in [0.05, 0.1) is 12.7 Å². The van der Waals surface area contributed by atoms with Crippen molar-refractivity contribution < 1.29 is 14.6 Å². The minimum Gasteiger partial charge on any atom is -0.496 e. The first-order valence-corrected chi connectivity index (χ1v) is 9.00. The maximum Gasteiger partial charge on any atom is 0.123 e. The van der Waals surface area contributed by atoms with Crippen LogP contribution in [0, 0.1) is 5.92 Å². The minimum absolute atomic E-state index is 0.237. The summed E-state index contributed by atoms with van der Waals surface area (Å²) in [5, 5.41) is 10.8. The molecule has 0 amide bonds. The van der Waals surface area contributed by atoms with Gasteiger partial charge in [-0.2, -0.15) is 0 Å². The molecule has 0 unspecified atom stereocenters. The van der Waals surface area contributed by atoms with Crippen LogP contribution in [-0.4, -0.2) is 49.5 Å². The van der Waals surface area contributed by atoms with E-state index >= 15 is 0 Å². The highest BCUT2D eigenvalue weighted by molar-refractivity contribution is 5.38. The molecule has 1 fully saturated rings. The topological polar surface area (TPSA) is 41.9 Å². The van der Waals surface area contributed by atoms with E-state index in [1.54, 1.807) is 14.2 Å². The standard InChI is InChI=1S/C20H33NO3/c1-15(2)17-6-7-19(24-5)18(12-17)14-21-10-8-20(22,9-11-23-4)16(3)13-21/h6-7,12,15-16,22H,8-11,13-14H2,1-5H3/t16-,20-/m1/s1. The Morgan fingerprint density at radius 2 is 2.08 bits per heavy atom. The van der Waals surface area contributed by atoms with Crippen molar-refractivity contribution in [1.82, 2.24) is 4.90 Å². The van der Waals surface area contributed by atoms with Gasteiger partial charge in [0, 0.05) is 38.9 Å². The summed E-state index contributed by atoms with van der Waals surface area (Å²) in [5.41, 5.74) is 1.97. The van der Waals surface area contributed by atoms with Crippen molar-refractivity contribution in [2.45, 2.75) is 51.7 Å². The largest absolute Gasteiger partial charge is 0.496 e. The van der Waals surface area contributed by atoms with Crippen LogP contribution in [0.4, 0.5) is 0 Å². The molecule has 0 aliphatic carbocycles. The molecule has 2 atom stereocenters. The molecule has 4 heteroatoms. The summed E-state index contributed by atoms with van der Waals surface area (Å²) in [4.78, 5) is 2.42. The Bertz CT molecular complexity index is 532. The van der Waals surface area contributed by atoms with Gasteiger partial charge in [0.25, 0.3) is 0 Å². The summed E-state index contributed by atoms with van der Waals surface area (Å²) in [6, 6.07) is 6.49. The number of methoxy groups -OCH3 is 2. The molecular formula is C20H33NO3. The smallest absolute Gasteiger partial charge is 0.123 e. The van der Waals surface area contributed by atoms with Crippen LogP contribution in [0.1, 0.15) is 50.7 Å². The Kier molecular flexibility index (Phi) is 6.67. The maximum absolute atomic E-state index is 10.8. The number of hydrogen-bond acceptors (Lipinski definition) is 4. The van der Waals surface area contributed by atoms with E-state index in [4.69, 9.17) is 9.47 Å². The van der Waals surface area contributed by atoms with Crippen molar-refractivity contribution in [3.8, 4) is 5.75 Å². The molecule has 1 aliphatic heterocycles. The van der Waals surface area contributed by atoms with Crippen molar-refractivity contribution in [2.75, 3.05) is 33.9 Å². The molecule has 1 N–H and O–H groups in total. The third-order valence-corrected chi connectivity index (χ3v) is 5.41. The van der Waals surface area contributed by atoms with Crippen LogP contribution >= 0.6 is 0 Å². The Morgan fingerprint density at radius 1 is 1.33 bits per heavy atom. The highest BCUT2D eigenvalue weighted by Gasteiger charge is 2.38. The third kappa shape index (κ3) is 4.50. The van der Waals surface area contributed by atoms with Gasteiger partial charge in [-0.05, 0) is 36.3 Å². The summed E-state index contributed by atoms with van der Waals surface area (Å²) in [6.07, 6.45) is 1.51. The second kappa shape index (κ2) is 8.32. The van der Waals surface area contributed by atoms with Crippen molar-refractivity contribution in [3.63, 3.8) is 0 Å². The average molecular weight is 335 g/mol. The highest BCUT2D eigenvalue weighted by Crippen LogP contribution is 2.33. The summed E-state index contributed by atoms with van der Waals surface area (Å²) < 4.78 is 10.7. The fraction of sp³-hybridized carbons (Fsp3) is 0.700. The fourth-order valence-electron chi connectivity index (χ4n) is 3.56. The lowest BCUT2D eigenvalue weighted by molar-refractivity contribution is -0.0827.